The van der Waals surface area contributed by atoms with Gasteiger partial charge in [0.15, 0.2) is 0 Å². The molecule has 2 aromatic rings. The molecule has 0 radical (unpaired) electrons. The summed E-state index contributed by atoms with van der Waals surface area (Å²) in [5.74, 6) is 0.553. The van der Waals surface area contributed by atoms with Gasteiger partial charge in [0.1, 0.15) is 5.75 Å². The lowest BCUT2D eigenvalue weighted by molar-refractivity contribution is 0.415. The molecule has 1 unspecified atom stereocenters. The molecule has 0 amide bonds. The second kappa shape index (κ2) is 6.89. The molecule has 21 heavy (non-hydrogen) atoms. The summed E-state index contributed by atoms with van der Waals surface area (Å²) in [6, 6.07) is 9.55. The van der Waals surface area contributed by atoms with E-state index in [0.29, 0.717) is 20.8 Å². The topological polar surface area (TPSA) is 21.3 Å². The van der Waals surface area contributed by atoms with Gasteiger partial charge in [0, 0.05) is 22.7 Å². The first-order valence-corrected chi connectivity index (χ1v) is 7.61. The van der Waals surface area contributed by atoms with Gasteiger partial charge in [-0.2, -0.15) is 0 Å². The first-order valence-electron chi connectivity index (χ1n) is 6.48. The molecule has 0 aliphatic rings. The molecule has 112 valence electrons. The first kappa shape index (κ1) is 16.4. The van der Waals surface area contributed by atoms with Crippen LogP contribution < -0.4 is 10.1 Å². The van der Waals surface area contributed by atoms with Crippen molar-refractivity contribution in [2.24, 2.45) is 0 Å². The third kappa shape index (κ3) is 3.46. The quantitative estimate of drug-likeness (QED) is 0.779. The van der Waals surface area contributed by atoms with Crippen LogP contribution in [-0.4, -0.2) is 14.2 Å². The Hall–Kier alpha value is -0.930. The Morgan fingerprint density at radius 2 is 1.71 bits per heavy atom. The predicted molar refractivity (Wildman–Crippen MR) is 90.9 cm³/mol. The van der Waals surface area contributed by atoms with Gasteiger partial charge in [-0.3, -0.25) is 0 Å². The van der Waals surface area contributed by atoms with Crippen molar-refractivity contribution in [1.82, 2.24) is 5.32 Å². The average Bonchev–Trinajstić information content (AvgIpc) is 2.48. The zero-order valence-corrected chi connectivity index (χ0v) is 14.3. The molecule has 2 nitrogen and oxygen atoms in total. The SMILES string of the molecule is CNC(C)c1ccc(-c2cc(Cl)c(OC)cc2Cl)cc1Cl. The summed E-state index contributed by atoms with van der Waals surface area (Å²) in [7, 11) is 3.46. The Balaban J connectivity index is 2.48. The third-order valence-electron chi connectivity index (χ3n) is 3.45. The minimum atomic E-state index is 0.182. The zero-order valence-electron chi connectivity index (χ0n) is 12.0. The highest BCUT2D eigenvalue weighted by Gasteiger charge is 2.13. The van der Waals surface area contributed by atoms with Crippen LogP contribution in [0.15, 0.2) is 30.3 Å². The van der Waals surface area contributed by atoms with Gasteiger partial charge in [-0.25, -0.2) is 0 Å². The van der Waals surface area contributed by atoms with Crippen LogP contribution in [0.4, 0.5) is 0 Å². The zero-order chi connectivity index (χ0) is 15.6. The molecule has 0 heterocycles. The van der Waals surface area contributed by atoms with E-state index in [2.05, 4.69) is 12.2 Å². The van der Waals surface area contributed by atoms with E-state index >= 15 is 0 Å². The predicted octanol–water partition coefficient (Wildman–Crippen LogP) is 5.60. The second-order valence-corrected chi connectivity index (χ2v) is 5.93. The van der Waals surface area contributed by atoms with Crippen LogP contribution in [0.3, 0.4) is 0 Å². The summed E-state index contributed by atoms with van der Waals surface area (Å²) in [6.07, 6.45) is 0. The fraction of sp³-hybridized carbons (Fsp3) is 0.250. The molecule has 0 aliphatic carbocycles. The Labute approximate surface area is 140 Å². The van der Waals surface area contributed by atoms with Crippen molar-refractivity contribution < 1.29 is 4.74 Å². The van der Waals surface area contributed by atoms with Crippen LogP contribution in [0, 0.1) is 0 Å². The Morgan fingerprint density at radius 1 is 1.00 bits per heavy atom. The molecule has 2 aromatic carbocycles. The van der Waals surface area contributed by atoms with Crippen molar-refractivity contribution in [1.29, 1.82) is 0 Å². The number of hydrogen-bond donors (Lipinski definition) is 1. The highest BCUT2D eigenvalue weighted by Crippen LogP contribution is 2.38. The van der Waals surface area contributed by atoms with Crippen molar-refractivity contribution in [2.45, 2.75) is 13.0 Å². The molecular weight excluding hydrogens is 329 g/mol. The number of rotatable bonds is 4. The highest BCUT2D eigenvalue weighted by atomic mass is 35.5. The molecule has 1 N–H and O–H groups in total. The van der Waals surface area contributed by atoms with Gasteiger partial charge in [-0.15, -0.1) is 0 Å². The van der Waals surface area contributed by atoms with Crippen molar-refractivity contribution in [3.8, 4) is 16.9 Å². The Morgan fingerprint density at radius 3 is 2.29 bits per heavy atom. The van der Waals surface area contributed by atoms with Gasteiger partial charge in [-0.1, -0.05) is 46.9 Å². The van der Waals surface area contributed by atoms with E-state index in [0.717, 1.165) is 16.7 Å². The van der Waals surface area contributed by atoms with E-state index in [-0.39, 0.29) is 6.04 Å². The normalized spacial score (nSPS) is 12.3. The van der Waals surface area contributed by atoms with Gasteiger partial charge < -0.3 is 10.1 Å². The number of methoxy groups -OCH3 is 1. The minimum absolute atomic E-state index is 0.182. The summed E-state index contributed by atoms with van der Waals surface area (Å²) in [4.78, 5) is 0. The first-order chi connectivity index (χ1) is 9.97. The van der Waals surface area contributed by atoms with Crippen LogP contribution in [0.25, 0.3) is 11.1 Å². The summed E-state index contributed by atoms with van der Waals surface area (Å²) in [6.45, 7) is 2.05. The van der Waals surface area contributed by atoms with Gasteiger partial charge in [0.2, 0.25) is 0 Å². The minimum Gasteiger partial charge on any atom is -0.495 e. The lowest BCUT2D eigenvalue weighted by atomic mass is 10.0. The third-order valence-corrected chi connectivity index (χ3v) is 4.39. The number of hydrogen-bond acceptors (Lipinski definition) is 2. The van der Waals surface area contributed by atoms with E-state index in [9.17, 15) is 0 Å². The fourth-order valence-corrected chi connectivity index (χ4v) is 2.96. The molecule has 0 aromatic heterocycles. The van der Waals surface area contributed by atoms with E-state index < -0.39 is 0 Å². The average molecular weight is 345 g/mol. The molecule has 2 rings (SSSR count). The summed E-state index contributed by atoms with van der Waals surface area (Å²) >= 11 is 18.8. The maximum absolute atomic E-state index is 6.36. The molecule has 5 heteroatoms. The number of halogens is 3. The van der Waals surface area contributed by atoms with E-state index in [4.69, 9.17) is 39.5 Å². The Bertz CT molecular complexity index is 658. The largest absolute Gasteiger partial charge is 0.495 e. The van der Waals surface area contributed by atoms with E-state index in [1.54, 1.807) is 19.2 Å². The molecule has 0 saturated carbocycles. The maximum atomic E-state index is 6.36. The summed E-state index contributed by atoms with van der Waals surface area (Å²) in [5, 5.41) is 4.95. The molecule has 0 saturated heterocycles. The van der Waals surface area contributed by atoms with Gasteiger partial charge >= 0.3 is 0 Å². The fourth-order valence-electron chi connectivity index (χ4n) is 2.11. The van der Waals surface area contributed by atoms with Crippen molar-refractivity contribution >= 4 is 34.8 Å². The Kier molecular flexibility index (Phi) is 5.39. The van der Waals surface area contributed by atoms with Gasteiger partial charge in [0.25, 0.3) is 0 Å². The van der Waals surface area contributed by atoms with Gasteiger partial charge in [0.05, 0.1) is 17.2 Å². The molecule has 0 bridgehead atoms. The van der Waals surface area contributed by atoms with Crippen molar-refractivity contribution in [2.75, 3.05) is 14.2 Å². The molecule has 1 atom stereocenters. The number of benzene rings is 2. The van der Waals surface area contributed by atoms with Crippen LogP contribution in [0.2, 0.25) is 15.1 Å². The van der Waals surface area contributed by atoms with Crippen LogP contribution in [-0.2, 0) is 0 Å². The second-order valence-electron chi connectivity index (χ2n) is 4.71. The van der Waals surface area contributed by atoms with E-state index in [1.807, 2.05) is 25.2 Å². The van der Waals surface area contributed by atoms with Crippen molar-refractivity contribution in [3.63, 3.8) is 0 Å². The summed E-state index contributed by atoms with van der Waals surface area (Å²) < 4.78 is 5.15. The number of nitrogens with one attached hydrogen (secondary N) is 1. The monoisotopic (exact) mass is 343 g/mol. The van der Waals surface area contributed by atoms with Crippen LogP contribution >= 0.6 is 34.8 Å². The maximum Gasteiger partial charge on any atom is 0.138 e. The van der Waals surface area contributed by atoms with Gasteiger partial charge in [-0.05, 0) is 37.2 Å². The highest BCUT2D eigenvalue weighted by molar-refractivity contribution is 6.36. The standard InChI is InChI=1S/C16H16Cl3NO/c1-9(20-2)11-5-4-10(6-13(11)17)12-7-15(19)16(21-3)8-14(12)18/h4-9,20H,1-3H3. The lowest BCUT2D eigenvalue weighted by Crippen LogP contribution is -2.12. The summed E-state index contributed by atoms with van der Waals surface area (Å²) in [5.41, 5.74) is 2.79. The van der Waals surface area contributed by atoms with E-state index in [1.165, 1.54) is 0 Å². The smallest absolute Gasteiger partial charge is 0.138 e. The van der Waals surface area contributed by atoms with Crippen LogP contribution in [0.1, 0.15) is 18.5 Å². The lowest BCUT2D eigenvalue weighted by Gasteiger charge is -2.15. The van der Waals surface area contributed by atoms with Crippen LogP contribution in [0.5, 0.6) is 5.75 Å². The molecule has 0 spiro atoms. The molecule has 0 fully saturated rings. The molecular formula is C16H16Cl3NO. The number of ether oxygens (including phenoxy) is 1. The van der Waals surface area contributed by atoms with Crippen molar-refractivity contribution in [3.05, 3.63) is 51.0 Å². The molecule has 0 aliphatic heterocycles.